The van der Waals surface area contributed by atoms with Crippen LogP contribution in [0.5, 0.6) is 11.5 Å². The molecule has 0 aliphatic rings. The molecule has 0 aliphatic carbocycles. The molecule has 0 saturated heterocycles. The maximum Gasteiger partial charge on any atom is 0.450 e. The molecule has 9 heteroatoms. The molecular weight excluding hydrogens is 365 g/mol. The molecule has 0 saturated carbocycles. The van der Waals surface area contributed by atoms with Crippen LogP contribution in [0.2, 0.25) is 0 Å². The predicted octanol–water partition coefficient (Wildman–Crippen LogP) is 4.10. The monoisotopic (exact) mass is 382 g/mol. The second-order valence-electron chi connectivity index (χ2n) is 5.80. The Kier molecular flexibility index (Phi) is 4.86. The smallest absolute Gasteiger partial charge is 0.450 e. The van der Waals surface area contributed by atoms with E-state index in [9.17, 15) is 18.0 Å². The van der Waals surface area contributed by atoms with Crippen LogP contribution < -0.4 is 14.9 Å². The van der Waals surface area contributed by atoms with E-state index in [1.807, 2.05) is 6.92 Å². The number of fused-ring (bicyclic) bond motifs is 1. The van der Waals surface area contributed by atoms with Gasteiger partial charge in [-0.05, 0) is 18.6 Å². The number of benzene rings is 1. The first kappa shape index (κ1) is 18.8. The zero-order valence-electron chi connectivity index (χ0n) is 14.9. The zero-order valence-corrected chi connectivity index (χ0v) is 14.9. The van der Waals surface area contributed by atoms with Gasteiger partial charge in [0.25, 0.3) is 0 Å². The lowest BCUT2D eigenvalue weighted by molar-refractivity contribution is -0.152. The van der Waals surface area contributed by atoms with E-state index in [0.717, 1.165) is 6.42 Å². The molecule has 3 aromatic rings. The largest absolute Gasteiger partial charge is 0.493 e. The molecule has 144 valence electrons. The third-order valence-electron chi connectivity index (χ3n) is 4.04. The average molecular weight is 382 g/mol. The highest BCUT2D eigenvalue weighted by Gasteiger charge is 2.40. The van der Waals surface area contributed by atoms with E-state index in [-0.39, 0.29) is 28.0 Å². The van der Waals surface area contributed by atoms with E-state index in [1.54, 1.807) is 0 Å². The summed E-state index contributed by atoms with van der Waals surface area (Å²) in [6.45, 7) is 2.43. The molecule has 0 radical (unpaired) electrons. The third kappa shape index (κ3) is 3.24. The Morgan fingerprint density at radius 3 is 2.56 bits per heavy atom. The van der Waals surface area contributed by atoms with Crippen molar-refractivity contribution in [2.24, 2.45) is 0 Å². The summed E-state index contributed by atoms with van der Waals surface area (Å²) in [5, 5.41) is 3.97. The summed E-state index contributed by atoms with van der Waals surface area (Å²) in [5.74, 6) is -1.32. The van der Waals surface area contributed by atoms with Crippen molar-refractivity contribution in [3.8, 4) is 22.6 Å². The summed E-state index contributed by atoms with van der Waals surface area (Å²) in [7, 11) is 2.59. The number of alkyl halides is 3. The predicted molar refractivity (Wildman–Crippen MR) is 92.1 cm³/mol. The summed E-state index contributed by atoms with van der Waals surface area (Å²) in [5.41, 5.74) is -1.68. The van der Waals surface area contributed by atoms with Crippen molar-refractivity contribution in [1.29, 1.82) is 0 Å². The molecule has 2 heterocycles. The van der Waals surface area contributed by atoms with Gasteiger partial charge in [0.2, 0.25) is 16.9 Å². The van der Waals surface area contributed by atoms with Crippen molar-refractivity contribution >= 4 is 11.0 Å². The van der Waals surface area contributed by atoms with E-state index in [4.69, 9.17) is 13.9 Å². The Labute approximate surface area is 152 Å². The maximum atomic E-state index is 13.7. The Bertz CT molecular complexity index is 1040. The van der Waals surface area contributed by atoms with Gasteiger partial charge in [-0.1, -0.05) is 6.92 Å². The first-order chi connectivity index (χ1) is 12.8. The number of ether oxygens (including phenoxy) is 2. The van der Waals surface area contributed by atoms with Crippen molar-refractivity contribution in [2.45, 2.75) is 26.1 Å². The second-order valence-corrected chi connectivity index (χ2v) is 5.80. The van der Waals surface area contributed by atoms with Crippen molar-refractivity contribution < 1.29 is 27.1 Å². The van der Waals surface area contributed by atoms with Crippen LogP contribution in [-0.2, 0) is 12.7 Å². The molecule has 0 atom stereocenters. The van der Waals surface area contributed by atoms with Gasteiger partial charge in [0, 0.05) is 18.3 Å². The summed E-state index contributed by atoms with van der Waals surface area (Å²) in [6.07, 6.45) is -1.51. The van der Waals surface area contributed by atoms with Gasteiger partial charge in [-0.25, -0.2) is 0 Å². The highest BCUT2D eigenvalue weighted by molar-refractivity contribution is 5.89. The van der Waals surface area contributed by atoms with Gasteiger partial charge in [-0.3, -0.25) is 9.48 Å². The molecule has 27 heavy (non-hydrogen) atoms. The number of nitrogens with zero attached hydrogens (tertiary/aromatic N) is 2. The SMILES string of the molecule is CCCn1cc(-c2c(C(F)(F)F)oc3c(OC)c(OC)ccc3c2=O)cn1. The fourth-order valence-corrected chi connectivity index (χ4v) is 2.88. The molecule has 0 spiro atoms. The number of methoxy groups -OCH3 is 2. The Morgan fingerprint density at radius 2 is 1.96 bits per heavy atom. The van der Waals surface area contributed by atoms with Gasteiger partial charge in [-0.15, -0.1) is 0 Å². The molecule has 1 aromatic carbocycles. The van der Waals surface area contributed by atoms with Gasteiger partial charge in [0.1, 0.15) is 0 Å². The van der Waals surface area contributed by atoms with Crippen LogP contribution in [0.4, 0.5) is 13.2 Å². The van der Waals surface area contributed by atoms with Crippen molar-refractivity contribution in [3.63, 3.8) is 0 Å². The maximum absolute atomic E-state index is 13.7. The van der Waals surface area contributed by atoms with E-state index in [2.05, 4.69) is 5.10 Å². The Morgan fingerprint density at radius 1 is 1.22 bits per heavy atom. The fraction of sp³-hybridized carbons (Fsp3) is 0.333. The average Bonchev–Trinajstić information content (AvgIpc) is 3.08. The standard InChI is InChI=1S/C18H17F3N2O4/c1-4-7-23-9-10(8-22-23)13-14(24)11-5-6-12(25-2)16(26-3)15(11)27-17(13)18(19,20)21/h5-6,8-9H,4,7H2,1-3H3. The van der Waals surface area contributed by atoms with Crippen molar-refractivity contribution in [2.75, 3.05) is 14.2 Å². The van der Waals surface area contributed by atoms with Gasteiger partial charge in [0.15, 0.2) is 11.3 Å². The van der Waals surface area contributed by atoms with Crippen LogP contribution in [0.25, 0.3) is 22.1 Å². The number of aryl methyl sites for hydroxylation is 1. The van der Waals surface area contributed by atoms with Crippen LogP contribution >= 0.6 is 0 Å². The minimum absolute atomic E-state index is 0.0427. The molecule has 0 bridgehead atoms. The molecule has 0 N–H and O–H groups in total. The summed E-state index contributed by atoms with van der Waals surface area (Å²) in [6, 6.07) is 2.79. The minimum Gasteiger partial charge on any atom is -0.493 e. The third-order valence-corrected chi connectivity index (χ3v) is 4.04. The van der Waals surface area contributed by atoms with E-state index in [1.165, 1.54) is 43.4 Å². The first-order valence-electron chi connectivity index (χ1n) is 8.13. The molecule has 0 aliphatic heterocycles. The molecular formula is C18H17F3N2O4. The number of hydrogen-bond donors (Lipinski definition) is 0. The lowest BCUT2D eigenvalue weighted by Gasteiger charge is -2.14. The normalized spacial score (nSPS) is 11.8. The van der Waals surface area contributed by atoms with Crippen LogP contribution in [0.1, 0.15) is 19.1 Å². The lowest BCUT2D eigenvalue weighted by atomic mass is 10.0. The van der Waals surface area contributed by atoms with E-state index >= 15 is 0 Å². The molecule has 0 unspecified atom stereocenters. The lowest BCUT2D eigenvalue weighted by Crippen LogP contribution is -2.16. The van der Waals surface area contributed by atoms with Crippen molar-refractivity contribution in [3.05, 3.63) is 40.5 Å². The fourth-order valence-electron chi connectivity index (χ4n) is 2.88. The Hall–Kier alpha value is -2.97. The van der Waals surface area contributed by atoms with E-state index in [0.29, 0.717) is 6.54 Å². The van der Waals surface area contributed by atoms with Crippen LogP contribution in [-0.4, -0.2) is 24.0 Å². The number of rotatable bonds is 5. The van der Waals surface area contributed by atoms with Crippen LogP contribution in [0.3, 0.4) is 0 Å². The molecule has 0 fully saturated rings. The molecule has 3 rings (SSSR count). The second kappa shape index (κ2) is 6.98. The van der Waals surface area contributed by atoms with Crippen LogP contribution in [0, 0.1) is 0 Å². The molecule has 2 aromatic heterocycles. The highest BCUT2D eigenvalue weighted by atomic mass is 19.4. The minimum atomic E-state index is -4.89. The first-order valence-corrected chi connectivity index (χ1v) is 8.13. The number of hydrogen-bond acceptors (Lipinski definition) is 5. The Balaban J connectivity index is 2.39. The summed E-state index contributed by atoms with van der Waals surface area (Å²) >= 11 is 0. The zero-order chi connectivity index (χ0) is 19.8. The van der Waals surface area contributed by atoms with Gasteiger partial charge < -0.3 is 13.9 Å². The molecule has 0 amide bonds. The van der Waals surface area contributed by atoms with Gasteiger partial charge >= 0.3 is 6.18 Å². The molecule has 6 nitrogen and oxygen atoms in total. The summed E-state index contributed by atoms with van der Waals surface area (Å²) in [4.78, 5) is 12.9. The van der Waals surface area contributed by atoms with Gasteiger partial charge in [-0.2, -0.15) is 18.3 Å². The van der Waals surface area contributed by atoms with Crippen molar-refractivity contribution in [1.82, 2.24) is 9.78 Å². The quantitative estimate of drug-likeness (QED) is 0.665. The van der Waals surface area contributed by atoms with Crippen LogP contribution in [0.15, 0.2) is 33.7 Å². The topological polar surface area (TPSA) is 66.5 Å². The number of aromatic nitrogens is 2. The summed E-state index contributed by atoms with van der Waals surface area (Å²) < 4.78 is 57.9. The van der Waals surface area contributed by atoms with E-state index < -0.39 is 22.9 Å². The number of halogens is 3. The highest BCUT2D eigenvalue weighted by Crippen LogP contribution is 2.41. The van der Waals surface area contributed by atoms with Gasteiger partial charge in [0.05, 0.1) is 31.4 Å².